The van der Waals surface area contributed by atoms with Gasteiger partial charge in [-0.05, 0) is 31.9 Å². The van der Waals surface area contributed by atoms with E-state index in [1.54, 1.807) is 0 Å². The highest BCUT2D eigenvalue weighted by Gasteiger charge is 2.26. The lowest BCUT2D eigenvalue weighted by molar-refractivity contribution is -0.00803. The van der Waals surface area contributed by atoms with Crippen LogP contribution in [0.2, 0.25) is 0 Å². The second-order valence-corrected chi connectivity index (χ2v) is 7.86. The fraction of sp³-hybridized carbons (Fsp3) is 0.545. The van der Waals surface area contributed by atoms with Gasteiger partial charge < -0.3 is 19.9 Å². The molecule has 1 fully saturated rings. The quantitative estimate of drug-likeness (QED) is 0.620. The van der Waals surface area contributed by atoms with Gasteiger partial charge in [0.1, 0.15) is 6.10 Å². The number of rotatable bonds is 5. The molecule has 156 valence electrons. The van der Waals surface area contributed by atoms with Gasteiger partial charge in [0.2, 0.25) is 0 Å². The van der Waals surface area contributed by atoms with Crippen LogP contribution in [0.3, 0.4) is 0 Å². The largest absolute Gasteiger partial charge is 0.370 e. The summed E-state index contributed by atoms with van der Waals surface area (Å²) in [7, 11) is 1.94. The molecule has 1 aromatic heterocycles. The summed E-state index contributed by atoms with van der Waals surface area (Å²) in [5.74, 6) is 0.977. The van der Waals surface area contributed by atoms with Crippen LogP contribution in [0.25, 0.3) is 0 Å². The topological polar surface area (TPSA) is 57.9 Å². The third-order valence-corrected chi connectivity index (χ3v) is 5.75. The van der Waals surface area contributed by atoms with Gasteiger partial charge in [0.05, 0.1) is 25.9 Å². The standard InChI is InChI=1S/C22H32N6O/c1-4-23-22(27-11-12-29-21(16-27)19-14-25-26(3)15-19)24-9-10-28-17(2)13-18-7-5-6-8-20(18)28/h5-8,14-15,17,21H,4,9-13,16H2,1-3H3,(H,23,24). The molecule has 2 atom stereocenters. The van der Waals surface area contributed by atoms with Crippen molar-refractivity contribution in [2.75, 3.05) is 44.2 Å². The number of aryl methyl sites for hydroxylation is 1. The van der Waals surface area contributed by atoms with Gasteiger partial charge in [-0.2, -0.15) is 5.10 Å². The van der Waals surface area contributed by atoms with Crippen molar-refractivity contribution in [3.8, 4) is 0 Å². The molecule has 7 heteroatoms. The molecule has 2 unspecified atom stereocenters. The normalized spacial score (nSPS) is 22.1. The van der Waals surface area contributed by atoms with E-state index in [-0.39, 0.29) is 6.10 Å². The molecule has 0 amide bonds. The summed E-state index contributed by atoms with van der Waals surface area (Å²) in [6, 6.07) is 9.26. The van der Waals surface area contributed by atoms with Crippen molar-refractivity contribution in [2.24, 2.45) is 12.0 Å². The van der Waals surface area contributed by atoms with E-state index in [0.29, 0.717) is 12.6 Å². The first kappa shape index (κ1) is 19.8. The highest BCUT2D eigenvalue weighted by Crippen LogP contribution is 2.31. The number of morpholine rings is 1. The molecule has 2 aliphatic rings. The zero-order valence-electron chi connectivity index (χ0n) is 17.7. The molecule has 0 radical (unpaired) electrons. The summed E-state index contributed by atoms with van der Waals surface area (Å²) in [4.78, 5) is 9.75. The molecule has 2 aliphatic heterocycles. The summed E-state index contributed by atoms with van der Waals surface area (Å²) < 4.78 is 7.81. The molecule has 29 heavy (non-hydrogen) atoms. The van der Waals surface area contributed by atoms with Gasteiger partial charge >= 0.3 is 0 Å². The molecule has 2 aromatic rings. The summed E-state index contributed by atoms with van der Waals surface area (Å²) in [6.07, 6.45) is 5.08. The Balaban J connectivity index is 1.41. The van der Waals surface area contributed by atoms with Gasteiger partial charge in [-0.15, -0.1) is 0 Å². The second kappa shape index (κ2) is 8.86. The van der Waals surface area contributed by atoms with Crippen LogP contribution in [-0.2, 0) is 18.2 Å². The predicted octanol–water partition coefficient (Wildman–Crippen LogP) is 2.21. The molecule has 3 heterocycles. The first-order valence-corrected chi connectivity index (χ1v) is 10.6. The van der Waals surface area contributed by atoms with Crippen molar-refractivity contribution in [3.05, 3.63) is 47.8 Å². The maximum atomic E-state index is 5.99. The van der Waals surface area contributed by atoms with Crippen LogP contribution in [0.15, 0.2) is 41.7 Å². The molecule has 1 N–H and O–H groups in total. The van der Waals surface area contributed by atoms with Crippen LogP contribution < -0.4 is 10.2 Å². The Morgan fingerprint density at radius 3 is 3.00 bits per heavy atom. The van der Waals surface area contributed by atoms with Crippen LogP contribution in [0.1, 0.15) is 31.1 Å². The zero-order chi connectivity index (χ0) is 20.2. The third-order valence-electron chi connectivity index (χ3n) is 5.75. The lowest BCUT2D eigenvalue weighted by Crippen LogP contribution is -2.48. The molecule has 1 saturated heterocycles. The van der Waals surface area contributed by atoms with Crippen molar-refractivity contribution in [1.29, 1.82) is 0 Å². The number of guanidine groups is 1. The Morgan fingerprint density at radius 1 is 1.34 bits per heavy atom. The van der Waals surface area contributed by atoms with Crippen molar-refractivity contribution in [1.82, 2.24) is 20.0 Å². The average Bonchev–Trinajstić information content (AvgIpc) is 3.30. The number of para-hydroxylation sites is 1. The van der Waals surface area contributed by atoms with E-state index in [1.165, 1.54) is 11.3 Å². The summed E-state index contributed by atoms with van der Waals surface area (Å²) in [6.45, 7) is 9.32. The van der Waals surface area contributed by atoms with Crippen molar-refractivity contribution >= 4 is 11.6 Å². The van der Waals surface area contributed by atoms with E-state index < -0.39 is 0 Å². The minimum absolute atomic E-state index is 0.0341. The van der Waals surface area contributed by atoms with Crippen LogP contribution in [0, 0.1) is 0 Å². The Kier molecular flexibility index (Phi) is 6.04. The predicted molar refractivity (Wildman–Crippen MR) is 116 cm³/mol. The number of benzene rings is 1. The molecule has 1 aromatic carbocycles. The monoisotopic (exact) mass is 396 g/mol. The first-order valence-electron chi connectivity index (χ1n) is 10.6. The average molecular weight is 397 g/mol. The Labute approximate surface area is 173 Å². The number of anilines is 1. The van der Waals surface area contributed by atoms with Gasteiger partial charge in [-0.1, -0.05) is 18.2 Å². The fourth-order valence-corrected chi connectivity index (χ4v) is 4.31. The summed E-state index contributed by atoms with van der Waals surface area (Å²) >= 11 is 0. The molecule has 0 aliphatic carbocycles. The third kappa shape index (κ3) is 4.40. The zero-order valence-corrected chi connectivity index (χ0v) is 17.7. The number of nitrogens with one attached hydrogen (secondary N) is 1. The lowest BCUT2D eigenvalue weighted by Gasteiger charge is -2.35. The fourth-order valence-electron chi connectivity index (χ4n) is 4.31. The van der Waals surface area contributed by atoms with Crippen LogP contribution in [0.5, 0.6) is 0 Å². The van der Waals surface area contributed by atoms with Crippen molar-refractivity contribution < 1.29 is 4.74 Å². The molecular weight excluding hydrogens is 364 g/mol. The van der Waals surface area contributed by atoms with Crippen LogP contribution >= 0.6 is 0 Å². The van der Waals surface area contributed by atoms with E-state index in [0.717, 1.165) is 50.7 Å². The Morgan fingerprint density at radius 2 is 2.21 bits per heavy atom. The number of ether oxygens (including phenoxy) is 1. The first-order chi connectivity index (χ1) is 14.2. The minimum atomic E-state index is 0.0341. The van der Waals surface area contributed by atoms with E-state index in [2.05, 4.69) is 58.3 Å². The number of hydrogen-bond donors (Lipinski definition) is 1. The van der Waals surface area contributed by atoms with Crippen LogP contribution in [-0.4, -0.2) is 66.0 Å². The molecular formula is C22H32N6O. The summed E-state index contributed by atoms with van der Waals surface area (Å²) in [5, 5.41) is 7.75. The molecule has 0 saturated carbocycles. The van der Waals surface area contributed by atoms with Gasteiger partial charge in [0.15, 0.2) is 5.96 Å². The second-order valence-electron chi connectivity index (χ2n) is 7.86. The highest BCUT2D eigenvalue weighted by molar-refractivity contribution is 5.80. The van der Waals surface area contributed by atoms with E-state index >= 15 is 0 Å². The highest BCUT2D eigenvalue weighted by atomic mass is 16.5. The Bertz CT molecular complexity index is 847. The van der Waals surface area contributed by atoms with Crippen molar-refractivity contribution in [3.63, 3.8) is 0 Å². The number of fused-ring (bicyclic) bond motifs is 1. The van der Waals surface area contributed by atoms with E-state index in [9.17, 15) is 0 Å². The summed E-state index contributed by atoms with van der Waals surface area (Å²) in [5.41, 5.74) is 3.93. The van der Waals surface area contributed by atoms with E-state index in [1.807, 2.05) is 24.1 Å². The number of hydrogen-bond acceptors (Lipinski definition) is 4. The van der Waals surface area contributed by atoms with Crippen molar-refractivity contribution in [2.45, 2.75) is 32.4 Å². The Hall–Kier alpha value is -2.54. The van der Waals surface area contributed by atoms with Crippen LogP contribution in [0.4, 0.5) is 5.69 Å². The molecule has 7 nitrogen and oxygen atoms in total. The minimum Gasteiger partial charge on any atom is -0.370 e. The van der Waals surface area contributed by atoms with Gasteiger partial charge in [-0.25, -0.2) is 0 Å². The molecule has 0 spiro atoms. The van der Waals surface area contributed by atoms with Gasteiger partial charge in [-0.3, -0.25) is 9.67 Å². The van der Waals surface area contributed by atoms with Gasteiger partial charge in [0, 0.05) is 50.2 Å². The lowest BCUT2D eigenvalue weighted by atomic mass is 10.1. The maximum absolute atomic E-state index is 5.99. The number of nitrogens with zero attached hydrogens (tertiary/aromatic N) is 5. The smallest absolute Gasteiger partial charge is 0.194 e. The number of aromatic nitrogens is 2. The maximum Gasteiger partial charge on any atom is 0.194 e. The SMILES string of the molecule is CCNC(=NCCN1c2ccccc2CC1C)N1CCOC(c2cnn(C)c2)C1. The molecule has 4 rings (SSSR count). The molecule has 0 bridgehead atoms. The number of aliphatic imine (C=N–C) groups is 1. The van der Waals surface area contributed by atoms with E-state index in [4.69, 9.17) is 9.73 Å². The van der Waals surface area contributed by atoms with Gasteiger partial charge in [0.25, 0.3) is 0 Å².